The average Bonchev–Trinajstić information content (AvgIpc) is 3.12. The first-order valence-corrected chi connectivity index (χ1v) is 7.19. The highest BCUT2D eigenvalue weighted by Crippen LogP contribution is 2.23. The van der Waals surface area contributed by atoms with Gasteiger partial charge in [-0.3, -0.25) is 4.79 Å². The fraction of sp³-hybridized carbons (Fsp3) is 0.385. The fourth-order valence-corrected chi connectivity index (χ4v) is 2.49. The number of H-pyrrole nitrogens is 1. The molecule has 1 aliphatic rings. The largest absolute Gasteiger partial charge is 0.497 e. The normalized spacial score (nSPS) is 14.6. The van der Waals surface area contributed by atoms with E-state index < -0.39 is 0 Å². The first kappa shape index (κ1) is 12.3. The number of hydrogen-bond donors (Lipinski definition) is 2. The van der Waals surface area contributed by atoms with Gasteiger partial charge in [0, 0.05) is 12.1 Å². The number of fused-ring (bicyclic) bond motifs is 1. The van der Waals surface area contributed by atoms with Crippen molar-refractivity contribution in [3.8, 4) is 5.75 Å². The predicted molar refractivity (Wildman–Crippen MR) is 74.5 cm³/mol. The Kier molecular flexibility index (Phi) is 3.33. The molecule has 19 heavy (non-hydrogen) atoms. The number of nitrogens with one attached hydrogen (secondary N) is 2. The standard InChI is InChI=1S/C13H15N3O2S/c1-18-9-4-5-10-11(6-9)16-13(15-10)19-7-12(17)14-8-2-3-8/h4-6,8H,2-3,7H2,1H3,(H,14,17)(H,15,16). The van der Waals surface area contributed by atoms with Crippen LogP contribution in [0.1, 0.15) is 12.8 Å². The van der Waals surface area contributed by atoms with Gasteiger partial charge in [0.25, 0.3) is 0 Å². The molecule has 5 nitrogen and oxygen atoms in total. The van der Waals surface area contributed by atoms with Gasteiger partial charge in [-0.05, 0) is 25.0 Å². The van der Waals surface area contributed by atoms with Crippen LogP contribution in [-0.4, -0.2) is 34.8 Å². The zero-order valence-corrected chi connectivity index (χ0v) is 11.4. The lowest BCUT2D eigenvalue weighted by molar-refractivity contribution is -0.118. The Morgan fingerprint density at radius 2 is 2.42 bits per heavy atom. The highest BCUT2D eigenvalue weighted by Gasteiger charge is 2.23. The number of amides is 1. The maximum atomic E-state index is 11.6. The van der Waals surface area contributed by atoms with E-state index in [1.54, 1.807) is 7.11 Å². The van der Waals surface area contributed by atoms with E-state index in [9.17, 15) is 4.79 Å². The van der Waals surface area contributed by atoms with Crippen LogP contribution in [0.2, 0.25) is 0 Å². The van der Waals surface area contributed by atoms with Gasteiger partial charge in [-0.15, -0.1) is 0 Å². The lowest BCUT2D eigenvalue weighted by atomic mass is 10.3. The first-order valence-electron chi connectivity index (χ1n) is 6.20. The summed E-state index contributed by atoms with van der Waals surface area (Å²) in [4.78, 5) is 19.2. The molecule has 1 heterocycles. The molecule has 0 saturated heterocycles. The van der Waals surface area contributed by atoms with Crippen molar-refractivity contribution < 1.29 is 9.53 Å². The van der Waals surface area contributed by atoms with E-state index in [0.717, 1.165) is 34.8 Å². The summed E-state index contributed by atoms with van der Waals surface area (Å²) in [6, 6.07) is 6.08. The van der Waals surface area contributed by atoms with Crippen molar-refractivity contribution in [3.05, 3.63) is 18.2 Å². The second-order valence-corrected chi connectivity index (χ2v) is 5.52. The molecule has 1 aromatic carbocycles. The Bertz CT molecular complexity index is 607. The quantitative estimate of drug-likeness (QED) is 0.820. The third kappa shape index (κ3) is 3.01. The summed E-state index contributed by atoms with van der Waals surface area (Å²) in [6.45, 7) is 0. The number of thioether (sulfide) groups is 1. The Labute approximate surface area is 115 Å². The van der Waals surface area contributed by atoms with Crippen molar-refractivity contribution in [1.29, 1.82) is 0 Å². The van der Waals surface area contributed by atoms with Crippen LogP contribution in [-0.2, 0) is 4.79 Å². The second-order valence-electron chi connectivity index (χ2n) is 4.56. The van der Waals surface area contributed by atoms with E-state index in [1.165, 1.54) is 11.8 Å². The number of carbonyl (C=O) groups is 1. The summed E-state index contributed by atoms with van der Waals surface area (Å²) in [5.41, 5.74) is 1.80. The van der Waals surface area contributed by atoms with E-state index in [0.29, 0.717) is 11.8 Å². The van der Waals surface area contributed by atoms with Crippen LogP contribution < -0.4 is 10.1 Å². The Morgan fingerprint density at radius 3 is 3.16 bits per heavy atom. The van der Waals surface area contributed by atoms with Gasteiger partial charge in [0.2, 0.25) is 5.91 Å². The summed E-state index contributed by atoms with van der Waals surface area (Å²) in [6.07, 6.45) is 2.22. The molecule has 0 aliphatic heterocycles. The summed E-state index contributed by atoms with van der Waals surface area (Å²) < 4.78 is 5.16. The van der Waals surface area contributed by atoms with E-state index in [-0.39, 0.29) is 5.91 Å². The Morgan fingerprint density at radius 1 is 1.58 bits per heavy atom. The van der Waals surface area contributed by atoms with Crippen molar-refractivity contribution in [2.75, 3.05) is 12.9 Å². The molecule has 2 aromatic rings. The molecule has 100 valence electrons. The molecule has 1 saturated carbocycles. The third-order valence-corrected chi connectivity index (χ3v) is 3.82. The van der Waals surface area contributed by atoms with Gasteiger partial charge in [0.15, 0.2) is 5.16 Å². The smallest absolute Gasteiger partial charge is 0.230 e. The number of carbonyl (C=O) groups excluding carboxylic acids is 1. The predicted octanol–water partition coefficient (Wildman–Crippen LogP) is 1.94. The molecule has 6 heteroatoms. The van der Waals surface area contributed by atoms with Gasteiger partial charge in [0.05, 0.1) is 23.9 Å². The lowest BCUT2D eigenvalue weighted by Gasteiger charge is -2.00. The maximum absolute atomic E-state index is 11.6. The fourth-order valence-electron chi connectivity index (χ4n) is 1.79. The van der Waals surface area contributed by atoms with Crippen molar-refractivity contribution >= 4 is 28.7 Å². The number of rotatable bonds is 5. The van der Waals surface area contributed by atoms with Crippen LogP contribution >= 0.6 is 11.8 Å². The number of methoxy groups -OCH3 is 1. The zero-order valence-electron chi connectivity index (χ0n) is 10.6. The zero-order chi connectivity index (χ0) is 13.2. The third-order valence-electron chi connectivity index (χ3n) is 2.95. The molecule has 0 atom stereocenters. The van der Waals surface area contributed by atoms with Crippen LogP contribution in [0.3, 0.4) is 0 Å². The van der Waals surface area contributed by atoms with Crippen molar-refractivity contribution in [2.24, 2.45) is 0 Å². The Hall–Kier alpha value is -1.69. The van der Waals surface area contributed by atoms with Gasteiger partial charge in [0.1, 0.15) is 5.75 Å². The van der Waals surface area contributed by atoms with Gasteiger partial charge >= 0.3 is 0 Å². The number of ether oxygens (including phenoxy) is 1. The highest BCUT2D eigenvalue weighted by atomic mass is 32.2. The molecule has 0 spiro atoms. The van der Waals surface area contributed by atoms with E-state index in [2.05, 4.69) is 15.3 Å². The topological polar surface area (TPSA) is 67.0 Å². The van der Waals surface area contributed by atoms with E-state index in [4.69, 9.17) is 4.74 Å². The minimum Gasteiger partial charge on any atom is -0.497 e. The number of benzene rings is 1. The molecule has 0 unspecified atom stereocenters. The summed E-state index contributed by atoms with van der Waals surface area (Å²) in [7, 11) is 1.63. The van der Waals surface area contributed by atoms with Crippen molar-refractivity contribution in [1.82, 2.24) is 15.3 Å². The number of imidazole rings is 1. The van der Waals surface area contributed by atoms with Crippen LogP contribution in [0.4, 0.5) is 0 Å². The number of aromatic nitrogens is 2. The monoisotopic (exact) mass is 277 g/mol. The van der Waals surface area contributed by atoms with Crippen molar-refractivity contribution in [3.63, 3.8) is 0 Å². The lowest BCUT2D eigenvalue weighted by Crippen LogP contribution is -2.27. The molecule has 1 aliphatic carbocycles. The Balaban J connectivity index is 1.65. The van der Waals surface area contributed by atoms with Crippen LogP contribution in [0.5, 0.6) is 5.75 Å². The number of nitrogens with zero attached hydrogens (tertiary/aromatic N) is 1. The molecule has 0 radical (unpaired) electrons. The van der Waals surface area contributed by atoms with Gasteiger partial charge in [-0.1, -0.05) is 11.8 Å². The van der Waals surface area contributed by atoms with Crippen LogP contribution in [0.25, 0.3) is 11.0 Å². The molecular weight excluding hydrogens is 262 g/mol. The van der Waals surface area contributed by atoms with Crippen LogP contribution in [0.15, 0.2) is 23.4 Å². The van der Waals surface area contributed by atoms with E-state index in [1.807, 2.05) is 18.2 Å². The van der Waals surface area contributed by atoms with Gasteiger partial charge < -0.3 is 15.0 Å². The summed E-state index contributed by atoms with van der Waals surface area (Å²) in [5.74, 6) is 1.26. The minimum atomic E-state index is 0.0746. The average molecular weight is 277 g/mol. The molecule has 3 rings (SSSR count). The van der Waals surface area contributed by atoms with Gasteiger partial charge in [-0.25, -0.2) is 4.98 Å². The molecule has 0 bridgehead atoms. The number of hydrogen-bond acceptors (Lipinski definition) is 4. The minimum absolute atomic E-state index is 0.0746. The molecule has 1 amide bonds. The SMILES string of the molecule is COc1ccc2nc(SCC(=O)NC3CC3)[nH]c2c1. The highest BCUT2D eigenvalue weighted by molar-refractivity contribution is 7.99. The first-order chi connectivity index (χ1) is 9.24. The van der Waals surface area contributed by atoms with Crippen LogP contribution in [0, 0.1) is 0 Å². The van der Waals surface area contributed by atoms with Gasteiger partial charge in [-0.2, -0.15) is 0 Å². The molecule has 1 aromatic heterocycles. The second kappa shape index (κ2) is 5.13. The maximum Gasteiger partial charge on any atom is 0.230 e. The molecule has 1 fully saturated rings. The van der Waals surface area contributed by atoms with E-state index >= 15 is 0 Å². The van der Waals surface area contributed by atoms with Crippen molar-refractivity contribution in [2.45, 2.75) is 24.0 Å². The summed E-state index contributed by atoms with van der Waals surface area (Å²) in [5, 5.41) is 3.71. The number of aromatic amines is 1. The summed E-state index contributed by atoms with van der Waals surface area (Å²) >= 11 is 1.42. The molecular formula is C13H15N3O2S. The molecule has 2 N–H and O–H groups in total.